The molecule has 1 aliphatic rings. The molecule has 1 amide bonds. The molecule has 1 saturated heterocycles. The molecule has 1 heterocycles. The van der Waals surface area contributed by atoms with E-state index in [4.69, 9.17) is 5.26 Å². The van der Waals surface area contributed by atoms with E-state index in [1.807, 2.05) is 6.07 Å². The summed E-state index contributed by atoms with van der Waals surface area (Å²) in [4.78, 5) is 13.0. The fourth-order valence-electron chi connectivity index (χ4n) is 2.09. The van der Waals surface area contributed by atoms with Crippen molar-refractivity contribution >= 4 is 15.9 Å². The Bertz CT molecular complexity index is 638. The maximum absolute atomic E-state index is 12.4. The number of piperazine rings is 1. The predicted molar refractivity (Wildman–Crippen MR) is 72.2 cm³/mol. The molecule has 0 aromatic heterocycles. The summed E-state index contributed by atoms with van der Waals surface area (Å²) in [7, 11) is -3.55. The lowest BCUT2D eigenvalue weighted by molar-refractivity contribution is -0.129. The fraction of sp³-hybridized carbons (Fsp3) is 0.385. The first kappa shape index (κ1) is 14.5. The molecule has 106 valence electrons. The Morgan fingerprint density at radius 3 is 2.15 bits per heavy atom. The number of nitriles is 1. The lowest BCUT2D eigenvalue weighted by atomic mass is 10.2. The van der Waals surface area contributed by atoms with Gasteiger partial charge in [0.05, 0.1) is 16.5 Å². The smallest absolute Gasteiger partial charge is 0.243 e. The van der Waals surface area contributed by atoms with E-state index in [0.717, 1.165) is 0 Å². The highest BCUT2D eigenvalue weighted by Gasteiger charge is 2.29. The molecule has 0 spiro atoms. The van der Waals surface area contributed by atoms with Gasteiger partial charge in [0.15, 0.2) is 0 Å². The van der Waals surface area contributed by atoms with Crippen LogP contribution in [-0.4, -0.2) is 49.7 Å². The van der Waals surface area contributed by atoms with E-state index in [0.29, 0.717) is 31.7 Å². The summed E-state index contributed by atoms with van der Waals surface area (Å²) < 4.78 is 26.2. The van der Waals surface area contributed by atoms with Crippen molar-refractivity contribution in [3.05, 3.63) is 29.8 Å². The summed E-state index contributed by atoms with van der Waals surface area (Å²) in [5, 5.41) is 8.71. The molecule has 1 aliphatic heterocycles. The van der Waals surface area contributed by atoms with Crippen molar-refractivity contribution < 1.29 is 13.2 Å². The Morgan fingerprint density at radius 2 is 1.70 bits per heavy atom. The van der Waals surface area contributed by atoms with E-state index >= 15 is 0 Å². The monoisotopic (exact) mass is 293 g/mol. The van der Waals surface area contributed by atoms with Crippen molar-refractivity contribution in [2.24, 2.45) is 0 Å². The molecule has 1 aromatic carbocycles. The zero-order chi connectivity index (χ0) is 14.8. The minimum Gasteiger partial charge on any atom is -0.340 e. The zero-order valence-corrected chi connectivity index (χ0v) is 11.9. The molecule has 7 heteroatoms. The van der Waals surface area contributed by atoms with Crippen LogP contribution in [0.15, 0.2) is 29.2 Å². The molecule has 0 saturated carbocycles. The highest BCUT2D eigenvalue weighted by Crippen LogP contribution is 2.18. The van der Waals surface area contributed by atoms with Crippen molar-refractivity contribution in [2.75, 3.05) is 26.2 Å². The van der Waals surface area contributed by atoms with Gasteiger partial charge in [0.2, 0.25) is 15.9 Å². The van der Waals surface area contributed by atoms with Crippen LogP contribution in [0.3, 0.4) is 0 Å². The molecule has 20 heavy (non-hydrogen) atoms. The van der Waals surface area contributed by atoms with Gasteiger partial charge >= 0.3 is 0 Å². The van der Waals surface area contributed by atoms with Gasteiger partial charge in [0.25, 0.3) is 0 Å². The van der Waals surface area contributed by atoms with Crippen LogP contribution in [0.5, 0.6) is 0 Å². The lowest BCUT2D eigenvalue weighted by Gasteiger charge is -2.33. The third kappa shape index (κ3) is 2.81. The van der Waals surface area contributed by atoms with Crippen LogP contribution in [0.4, 0.5) is 0 Å². The molecule has 0 bridgehead atoms. The predicted octanol–water partition coefficient (Wildman–Crippen LogP) is 0.411. The first-order valence-electron chi connectivity index (χ1n) is 6.21. The highest BCUT2D eigenvalue weighted by atomic mass is 32.2. The van der Waals surface area contributed by atoms with Gasteiger partial charge in [-0.2, -0.15) is 9.57 Å². The molecule has 1 fully saturated rings. The van der Waals surface area contributed by atoms with Crippen LogP contribution < -0.4 is 0 Å². The van der Waals surface area contributed by atoms with E-state index in [1.54, 1.807) is 4.90 Å². The molecule has 2 rings (SSSR count). The van der Waals surface area contributed by atoms with Gasteiger partial charge in [0, 0.05) is 33.1 Å². The fourth-order valence-corrected chi connectivity index (χ4v) is 3.52. The number of nitrogens with zero attached hydrogens (tertiary/aromatic N) is 3. The topological polar surface area (TPSA) is 81.5 Å². The summed E-state index contributed by atoms with van der Waals surface area (Å²) in [6.45, 7) is 2.88. The SMILES string of the molecule is CC(=O)N1CCN(S(=O)(=O)c2ccc(C#N)cc2)CC1. The molecule has 0 atom stereocenters. The van der Waals surface area contributed by atoms with Gasteiger partial charge in [-0.05, 0) is 24.3 Å². The van der Waals surface area contributed by atoms with Gasteiger partial charge in [0.1, 0.15) is 0 Å². The Morgan fingerprint density at radius 1 is 1.15 bits per heavy atom. The summed E-state index contributed by atoms with van der Waals surface area (Å²) >= 11 is 0. The van der Waals surface area contributed by atoms with Gasteiger partial charge in [-0.1, -0.05) is 0 Å². The number of hydrogen-bond donors (Lipinski definition) is 0. The molecular formula is C13H15N3O3S. The summed E-state index contributed by atoms with van der Waals surface area (Å²) in [5.41, 5.74) is 0.422. The van der Waals surface area contributed by atoms with Crippen LogP contribution in [0.25, 0.3) is 0 Å². The van der Waals surface area contributed by atoms with E-state index in [1.165, 1.54) is 35.5 Å². The Labute approximate surface area is 118 Å². The minimum atomic E-state index is -3.55. The average molecular weight is 293 g/mol. The van der Waals surface area contributed by atoms with Crippen molar-refractivity contribution in [3.63, 3.8) is 0 Å². The zero-order valence-electron chi connectivity index (χ0n) is 11.1. The molecule has 6 nitrogen and oxygen atoms in total. The minimum absolute atomic E-state index is 0.0413. The van der Waals surface area contributed by atoms with Crippen molar-refractivity contribution in [1.29, 1.82) is 5.26 Å². The second-order valence-corrected chi connectivity index (χ2v) is 6.48. The second-order valence-electron chi connectivity index (χ2n) is 4.55. The molecule has 1 aromatic rings. The Kier molecular flexibility index (Phi) is 4.06. The number of hydrogen-bond acceptors (Lipinski definition) is 4. The summed E-state index contributed by atoms with van der Waals surface area (Å²) in [5.74, 6) is -0.0413. The number of amides is 1. The maximum Gasteiger partial charge on any atom is 0.243 e. The summed E-state index contributed by atoms with van der Waals surface area (Å²) in [6.07, 6.45) is 0. The molecule has 0 N–H and O–H groups in total. The standard InChI is InChI=1S/C13H15N3O3S/c1-11(17)15-6-8-16(9-7-15)20(18,19)13-4-2-12(10-14)3-5-13/h2-5H,6-9H2,1H3. The number of sulfonamides is 1. The van der Waals surface area contributed by atoms with E-state index in [-0.39, 0.29) is 10.8 Å². The van der Waals surface area contributed by atoms with Gasteiger partial charge in [-0.3, -0.25) is 4.79 Å². The lowest BCUT2D eigenvalue weighted by Crippen LogP contribution is -2.49. The second kappa shape index (κ2) is 5.61. The molecular weight excluding hydrogens is 278 g/mol. The van der Waals surface area contributed by atoms with Gasteiger partial charge in [-0.15, -0.1) is 0 Å². The Hall–Kier alpha value is -1.91. The number of carbonyl (C=O) groups excluding carboxylic acids is 1. The van der Waals surface area contributed by atoms with Crippen molar-refractivity contribution in [1.82, 2.24) is 9.21 Å². The molecule has 0 unspecified atom stereocenters. The first-order valence-corrected chi connectivity index (χ1v) is 7.65. The highest BCUT2D eigenvalue weighted by molar-refractivity contribution is 7.89. The quantitative estimate of drug-likeness (QED) is 0.791. The van der Waals surface area contributed by atoms with Crippen LogP contribution >= 0.6 is 0 Å². The van der Waals surface area contributed by atoms with Gasteiger partial charge < -0.3 is 4.90 Å². The van der Waals surface area contributed by atoms with E-state index in [2.05, 4.69) is 0 Å². The van der Waals surface area contributed by atoms with Crippen LogP contribution in [0.1, 0.15) is 12.5 Å². The van der Waals surface area contributed by atoms with Crippen LogP contribution in [0, 0.1) is 11.3 Å². The Balaban J connectivity index is 2.15. The third-order valence-corrected chi connectivity index (χ3v) is 5.22. The number of benzene rings is 1. The summed E-state index contributed by atoms with van der Waals surface area (Å²) in [6, 6.07) is 7.79. The largest absolute Gasteiger partial charge is 0.340 e. The van der Waals surface area contributed by atoms with E-state index in [9.17, 15) is 13.2 Å². The maximum atomic E-state index is 12.4. The first-order chi connectivity index (χ1) is 9.45. The number of rotatable bonds is 2. The van der Waals surface area contributed by atoms with Gasteiger partial charge in [-0.25, -0.2) is 8.42 Å². The molecule has 0 aliphatic carbocycles. The normalized spacial score (nSPS) is 16.7. The molecule has 0 radical (unpaired) electrons. The van der Waals surface area contributed by atoms with Crippen LogP contribution in [0.2, 0.25) is 0 Å². The van der Waals surface area contributed by atoms with Crippen molar-refractivity contribution in [2.45, 2.75) is 11.8 Å². The van der Waals surface area contributed by atoms with Crippen molar-refractivity contribution in [3.8, 4) is 6.07 Å². The van der Waals surface area contributed by atoms with E-state index < -0.39 is 10.0 Å². The average Bonchev–Trinajstić information content (AvgIpc) is 2.47. The van der Waals surface area contributed by atoms with Crippen LogP contribution in [-0.2, 0) is 14.8 Å². The third-order valence-electron chi connectivity index (χ3n) is 3.31. The number of carbonyl (C=O) groups is 1.